The van der Waals surface area contributed by atoms with Crippen molar-refractivity contribution in [2.45, 2.75) is 19.2 Å². The van der Waals surface area contributed by atoms with Crippen LogP contribution in [0.5, 0.6) is 5.75 Å². The molecule has 0 radical (unpaired) electrons. The zero-order valence-corrected chi connectivity index (χ0v) is 12.1. The van der Waals surface area contributed by atoms with Crippen LogP contribution in [0.2, 0.25) is 5.02 Å². The first-order valence-electron chi connectivity index (χ1n) is 6.41. The van der Waals surface area contributed by atoms with Crippen molar-refractivity contribution in [1.29, 1.82) is 0 Å². The van der Waals surface area contributed by atoms with Crippen molar-refractivity contribution in [3.63, 3.8) is 0 Å². The molecule has 0 aliphatic rings. The third-order valence-electron chi connectivity index (χ3n) is 2.96. The van der Waals surface area contributed by atoms with Crippen molar-refractivity contribution in [1.82, 2.24) is 0 Å². The molecule has 0 saturated carbocycles. The average molecular weight is 329 g/mol. The Balaban J connectivity index is 2.08. The van der Waals surface area contributed by atoms with E-state index in [-0.39, 0.29) is 17.4 Å². The van der Waals surface area contributed by atoms with Crippen molar-refractivity contribution in [3.8, 4) is 5.75 Å². The first-order chi connectivity index (χ1) is 10.4. The lowest BCUT2D eigenvalue weighted by Gasteiger charge is -2.11. The van der Waals surface area contributed by atoms with Gasteiger partial charge in [-0.25, -0.2) is 0 Å². The fraction of sp³-hybridized carbons (Fsp3) is 0.188. The number of hydrogen-bond donors (Lipinski definition) is 0. The van der Waals surface area contributed by atoms with Gasteiger partial charge in [0.1, 0.15) is 18.6 Å². The van der Waals surface area contributed by atoms with E-state index in [1.807, 2.05) is 6.07 Å². The zero-order valence-electron chi connectivity index (χ0n) is 11.4. The summed E-state index contributed by atoms with van der Waals surface area (Å²) in [6, 6.07) is 10.1. The molecule has 0 N–H and O–H groups in total. The second-order valence-corrected chi connectivity index (χ2v) is 5.03. The number of benzene rings is 2. The highest BCUT2D eigenvalue weighted by Gasteiger charge is 2.31. The maximum Gasteiger partial charge on any atom is 0.416 e. The standard InChI is InChI=1S/C16H12ClF3O2/c17-14-9-13(16(18,19)20)4-5-15(14)22-10-12-3-1-2-11(8-12)6-7-21/h1-5,7-9H,6,10H2. The molecule has 2 nitrogen and oxygen atoms in total. The van der Waals surface area contributed by atoms with Gasteiger partial charge in [-0.2, -0.15) is 13.2 Å². The lowest BCUT2D eigenvalue weighted by Crippen LogP contribution is -2.05. The molecular weight excluding hydrogens is 317 g/mol. The van der Waals surface area contributed by atoms with Gasteiger partial charge in [-0.1, -0.05) is 35.9 Å². The van der Waals surface area contributed by atoms with E-state index in [1.54, 1.807) is 18.2 Å². The number of carbonyl (C=O) groups is 1. The van der Waals surface area contributed by atoms with Crippen LogP contribution < -0.4 is 4.74 Å². The van der Waals surface area contributed by atoms with Gasteiger partial charge in [0.2, 0.25) is 0 Å². The van der Waals surface area contributed by atoms with Gasteiger partial charge in [0.15, 0.2) is 0 Å². The van der Waals surface area contributed by atoms with E-state index < -0.39 is 11.7 Å². The predicted octanol–water partition coefficient (Wildman–Crippen LogP) is 4.68. The molecular formula is C16H12ClF3O2. The van der Waals surface area contributed by atoms with Crippen LogP contribution in [0.4, 0.5) is 13.2 Å². The topological polar surface area (TPSA) is 26.3 Å². The van der Waals surface area contributed by atoms with Gasteiger partial charge in [-0.3, -0.25) is 0 Å². The van der Waals surface area contributed by atoms with Crippen LogP contribution in [-0.4, -0.2) is 6.29 Å². The van der Waals surface area contributed by atoms with Crippen molar-refractivity contribution in [3.05, 3.63) is 64.2 Å². The van der Waals surface area contributed by atoms with Crippen LogP contribution in [0.1, 0.15) is 16.7 Å². The molecule has 2 rings (SSSR count). The molecule has 0 aliphatic carbocycles. The maximum atomic E-state index is 12.5. The molecule has 0 aromatic heterocycles. The summed E-state index contributed by atoms with van der Waals surface area (Å²) in [6.45, 7) is 0.151. The Labute approximate surface area is 130 Å². The molecule has 116 valence electrons. The summed E-state index contributed by atoms with van der Waals surface area (Å²) in [5, 5.41) is -0.0983. The monoisotopic (exact) mass is 328 g/mol. The Hall–Kier alpha value is -2.01. The van der Waals surface area contributed by atoms with Crippen LogP contribution in [0.15, 0.2) is 42.5 Å². The highest BCUT2D eigenvalue weighted by molar-refractivity contribution is 6.32. The summed E-state index contributed by atoms with van der Waals surface area (Å²) < 4.78 is 43.1. The molecule has 0 fully saturated rings. The minimum Gasteiger partial charge on any atom is -0.487 e. The van der Waals surface area contributed by atoms with Crippen LogP contribution in [0.25, 0.3) is 0 Å². The van der Waals surface area contributed by atoms with E-state index in [0.29, 0.717) is 6.42 Å². The van der Waals surface area contributed by atoms with Crippen LogP contribution in [0.3, 0.4) is 0 Å². The molecule has 0 spiro atoms. The van der Waals surface area contributed by atoms with Gasteiger partial charge in [-0.15, -0.1) is 0 Å². The summed E-state index contributed by atoms with van der Waals surface area (Å²) in [5.74, 6) is 0.176. The SMILES string of the molecule is O=CCc1cccc(COc2ccc(C(F)(F)F)cc2Cl)c1. The van der Waals surface area contributed by atoms with Crippen molar-refractivity contribution >= 4 is 17.9 Å². The smallest absolute Gasteiger partial charge is 0.416 e. The molecule has 2 aromatic carbocycles. The average Bonchev–Trinajstić information content (AvgIpc) is 2.46. The third-order valence-corrected chi connectivity index (χ3v) is 3.26. The Morgan fingerprint density at radius 2 is 1.82 bits per heavy atom. The highest BCUT2D eigenvalue weighted by Crippen LogP contribution is 2.34. The van der Waals surface area contributed by atoms with Crippen molar-refractivity contribution < 1.29 is 22.7 Å². The largest absolute Gasteiger partial charge is 0.487 e. The number of aldehydes is 1. The normalized spacial score (nSPS) is 11.3. The van der Waals surface area contributed by atoms with E-state index in [1.165, 1.54) is 6.07 Å². The lowest BCUT2D eigenvalue weighted by atomic mass is 10.1. The highest BCUT2D eigenvalue weighted by atomic mass is 35.5. The third kappa shape index (κ3) is 4.24. The van der Waals surface area contributed by atoms with E-state index in [9.17, 15) is 18.0 Å². The van der Waals surface area contributed by atoms with E-state index in [0.717, 1.165) is 29.5 Å². The van der Waals surface area contributed by atoms with E-state index in [2.05, 4.69) is 0 Å². The van der Waals surface area contributed by atoms with Crippen LogP contribution in [0, 0.1) is 0 Å². The van der Waals surface area contributed by atoms with Gasteiger partial charge in [-0.05, 0) is 29.3 Å². The van der Waals surface area contributed by atoms with Gasteiger partial charge in [0.25, 0.3) is 0 Å². The van der Waals surface area contributed by atoms with Gasteiger partial charge in [0, 0.05) is 6.42 Å². The van der Waals surface area contributed by atoms with Crippen LogP contribution >= 0.6 is 11.6 Å². The molecule has 0 saturated heterocycles. The Bertz CT molecular complexity index is 669. The molecule has 6 heteroatoms. The number of ether oxygens (including phenoxy) is 1. The molecule has 0 heterocycles. The molecule has 0 aliphatic heterocycles. The first-order valence-corrected chi connectivity index (χ1v) is 6.79. The molecule has 0 bridgehead atoms. The molecule has 0 unspecified atom stereocenters. The minimum atomic E-state index is -4.44. The van der Waals surface area contributed by atoms with Gasteiger partial charge < -0.3 is 9.53 Å². The second kappa shape index (κ2) is 6.83. The number of rotatable bonds is 5. The second-order valence-electron chi connectivity index (χ2n) is 4.62. The number of halogens is 4. The number of hydrogen-bond acceptors (Lipinski definition) is 2. The van der Waals surface area contributed by atoms with E-state index in [4.69, 9.17) is 16.3 Å². The fourth-order valence-corrected chi connectivity index (χ4v) is 2.13. The van der Waals surface area contributed by atoms with E-state index >= 15 is 0 Å². The molecule has 2 aromatic rings. The number of carbonyl (C=O) groups excluding carboxylic acids is 1. The van der Waals surface area contributed by atoms with Crippen molar-refractivity contribution in [2.75, 3.05) is 0 Å². The zero-order chi connectivity index (χ0) is 16.2. The van der Waals surface area contributed by atoms with Crippen molar-refractivity contribution in [2.24, 2.45) is 0 Å². The van der Waals surface area contributed by atoms with Crippen LogP contribution in [-0.2, 0) is 24.0 Å². The maximum absolute atomic E-state index is 12.5. The number of alkyl halides is 3. The Morgan fingerprint density at radius 3 is 2.45 bits per heavy atom. The molecule has 0 amide bonds. The Kier molecular flexibility index (Phi) is 5.08. The summed E-state index contributed by atoms with van der Waals surface area (Å²) in [5.41, 5.74) is 0.822. The summed E-state index contributed by atoms with van der Waals surface area (Å²) in [4.78, 5) is 10.5. The quantitative estimate of drug-likeness (QED) is 0.745. The predicted molar refractivity (Wildman–Crippen MR) is 77.0 cm³/mol. The fourth-order valence-electron chi connectivity index (χ4n) is 1.90. The molecule has 0 atom stereocenters. The summed E-state index contributed by atoms with van der Waals surface area (Å²) in [7, 11) is 0. The summed E-state index contributed by atoms with van der Waals surface area (Å²) >= 11 is 5.81. The summed E-state index contributed by atoms with van der Waals surface area (Å²) in [6.07, 6.45) is -3.34. The minimum absolute atomic E-state index is 0.0983. The van der Waals surface area contributed by atoms with Gasteiger partial charge >= 0.3 is 6.18 Å². The molecule has 22 heavy (non-hydrogen) atoms. The first kappa shape index (κ1) is 16.4. The van der Waals surface area contributed by atoms with Gasteiger partial charge in [0.05, 0.1) is 10.6 Å². The lowest BCUT2D eigenvalue weighted by molar-refractivity contribution is -0.137. The Morgan fingerprint density at radius 1 is 1.09 bits per heavy atom.